The van der Waals surface area contributed by atoms with Gasteiger partial charge in [-0.2, -0.15) is 0 Å². The van der Waals surface area contributed by atoms with Crippen LogP contribution >= 0.6 is 0 Å². The maximum absolute atomic E-state index is 12.0. The first-order valence-corrected chi connectivity index (χ1v) is 6.32. The van der Waals surface area contributed by atoms with Crippen molar-refractivity contribution in [3.63, 3.8) is 0 Å². The molecule has 0 bridgehead atoms. The van der Waals surface area contributed by atoms with Gasteiger partial charge in [0.15, 0.2) is 0 Å². The number of carbonyl (C=O) groups is 1. The van der Waals surface area contributed by atoms with E-state index in [1.165, 1.54) is 0 Å². The van der Waals surface area contributed by atoms with Crippen LogP contribution in [0.25, 0.3) is 0 Å². The average molecular weight is 248 g/mol. The first-order chi connectivity index (χ1) is 8.58. The zero-order chi connectivity index (χ0) is 13.1. The van der Waals surface area contributed by atoms with Crippen molar-refractivity contribution in [2.24, 2.45) is 5.92 Å². The van der Waals surface area contributed by atoms with Crippen molar-refractivity contribution in [1.82, 2.24) is 14.9 Å². The SMILES string of the molecule is Cc1cc(N2CCCC(C(=O)N(C)C)C2)ncn1. The van der Waals surface area contributed by atoms with Crippen molar-refractivity contribution in [1.29, 1.82) is 0 Å². The molecule has 2 heterocycles. The second kappa shape index (κ2) is 5.33. The van der Waals surface area contributed by atoms with Crippen LogP contribution in [0.2, 0.25) is 0 Å². The molecule has 5 nitrogen and oxygen atoms in total. The van der Waals surface area contributed by atoms with E-state index >= 15 is 0 Å². The van der Waals surface area contributed by atoms with E-state index in [4.69, 9.17) is 0 Å². The molecule has 0 saturated carbocycles. The molecule has 0 spiro atoms. The molecule has 1 atom stereocenters. The van der Waals surface area contributed by atoms with Gasteiger partial charge in [0.05, 0.1) is 5.92 Å². The molecule has 1 unspecified atom stereocenters. The van der Waals surface area contributed by atoms with Crippen molar-refractivity contribution < 1.29 is 4.79 Å². The first-order valence-electron chi connectivity index (χ1n) is 6.32. The number of hydrogen-bond donors (Lipinski definition) is 0. The number of nitrogens with zero attached hydrogens (tertiary/aromatic N) is 4. The Morgan fingerprint density at radius 2 is 2.22 bits per heavy atom. The molecule has 5 heteroatoms. The van der Waals surface area contributed by atoms with Crippen LogP contribution < -0.4 is 4.90 Å². The van der Waals surface area contributed by atoms with Gasteiger partial charge in [-0.25, -0.2) is 9.97 Å². The topological polar surface area (TPSA) is 49.3 Å². The number of anilines is 1. The Kier molecular flexibility index (Phi) is 3.79. The van der Waals surface area contributed by atoms with Gasteiger partial charge in [-0.1, -0.05) is 0 Å². The minimum Gasteiger partial charge on any atom is -0.356 e. The van der Waals surface area contributed by atoms with E-state index in [0.29, 0.717) is 0 Å². The van der Waals surface area contributed by atoms with Crippen molar-refractivity contribution in [3.05, 3.63) is 18.1 Å². The van der Waals surface area contributed by atoms with Gasteiger partial charge in [-0.15, -0.1) is 0 Å². The maximum Gasteiger partial charge on any atom is 0.226 e. The van der Waals surface area contributed by atoms with E-state index in [9.17, 15) is 4.79 Å². The van der Waals surface area contributed by atoms with Gasteiger partial charge >= 0.3 is 0 Å². The molecule has 1 fully saturated rings. The molecule has 0 N–H and O–H groups in total. The average Bonchev–Trinajstić information content (AvgIpc) is 2.38. The molecule has 18 heavy (non-hydrogen) atoms. The third-order valence-electron chi connectivity index (χ3n) is 3.32. The molecule has 1 aliphatic heterocycles. The highest BCUT2D eigenvalue weighted by molar-refractivity contribution is 5.79. The number of rotatable bonds is 2. The Morgan fingerprint density at radius 1 is 1.44 bits per heavy atom. The summed E-state index contributed by atoms with van der Waals surface area (Å²) in [6.07, 6.45) is 3.59. The van der Waals surface area contributed by atoms with Crippen LogP contribution in [0.4, 0.5) is 5.82 Å². The van der Waals surface area contributed by atoms with Crippen LogP contribution in [0.5, 0.6) is 0 Å². The molecule has 1 saturated heterocycles. The van der Waals surface area contributed by atoms with E-state index in [2.05, 4.69) is 14.9 Å². The maximum atomic E-state index is 12.0. The Labute approximate surface area is 108 Å². The van der Waals surface area contributed by atoms with Gasteiger partial charge in [0.2, 0.25) is 5.91 Å². The number of carbonyl (C=O) groups excluding carboxylic acids is 1. The van der Waals surface area contributed by atoms with E-state index in [-0.39, 0.29) is 11.8 Å². The summed E-state index contributed by atoms with van der Waals surface area (Å²) in [6.45, 7) is 3.68. The third-order valence-corrected chi connectivity index (χ3v) is 3.32. The molecule has 2 rings (SSSR count). The molecule has 0 radical (unpaired) electrons. The lowest BCUT2D eigenvalue weighted by atomic mass is 9.97. The summed E-state index contributed by atoms with van der Waals surface area (Å²) in [5.41, 5.74) is 0.959. The fraction of sp³-hybridized carbons (Fsp3) is 0.615. The Morgan fingerprint density at radius 3 is 2.89 bits per heavy atom. The van der Waals surface area contributed by atoms with E-state index in [1.807, 2.05) is 27.1 Å². The summed E-state index contributed by atoms with van der Waals surface area (Å²) < 4.78 is 0. The molecule has 98 valence electrons. The molecule has 0 aromatic carbocycles. The Balaban J connectivity index is 2.09. The zero-order valence-corrected chi connectivity index (χ0v) is 11.3. The quantitative estimate of drug-likeness (QED) is 0.786. The number of aryl methyl sites for hydroxylation is 1. The molecule has 1 aliphatic rings. The molecular weight excluding hydrogens is 228 g/mol. The van der Waals surface area contributed by atoms with Gasteiger partial charge in [0.1, 0.15) is 12.1 Å². The molecule has 1 aromatic heterocycles. The van der Waals surface area contributed by atoms with Gasteiger partial charge in [-0.05, 0) is 19.8 Å². The minimum atomic E-state index is 0.0871. The van der Waals surface area contributed by atoms with Gasteiger partial charge < -0.3 is 9.80 Å². The smallest absolute Gasteiger partial charge is 0.226 e. The van der Waals surface area contributed by atoms with Crippen LogP contribution in [0.15, 0.2) is 12.4 Å². The van der Waals surface area contributed by atoms with Crippen LogP contribution in [-0.4, -0.2) is 48.0 Å². The lowest BCUT2D eigenvalue weighted by Gasteiger charge is -2.33. The van der Waals surface area contributed by atoms with Gasteiger partial charge in [-0.3, -0.25) is 4.79 Å². The van der Waals surface area contributed by atoms with Crippen LogP contribution in [0.3, 0.4) is 0 Å². The number of hydrogen-bond acceptors (Lipinski definition) is 4. The summed E-state index contributed by atoms with van der Waals surface area (Å²) in [7, 11) is 3.63. The van der Waals surface area contributed by atoms with Gasteiger partial charge in [0, 0.05) is 38.9 Å². The predicted molar refractivity (Wildman–Crippen MR) is 70.4 cm³/mol. The Bertz CT molecular complexity index is 433. The third kappa shape index (κ3) is 2.78. The fourth-order valence-electron chi connectivity index (χ4n) is 2.37. The number of amides is 1. The number of aromatic nitrogens is 2. The van der Waals surface area contributed by atoms with E-state index in [0.717, 1.165) is 37.4 Å². The van der Waals surface area contributed by atoms with Crippen LogP contribution in [-0.2, 0) is 4.79 Å². The second-order valence-corrected chi connectivity index (χ2v) is 5.04. The van der Waals surface area contributed by atoms with E-state index in [1.54, 1.807) is 11.2 Å². The lowest BCUT2D eigenvalue weighted by Crippen LogP contribution is -2.43. The summed E-state index contributed by atoms with van der Waals surface area (Å²) >= 11 is 0. The Hall–Kier alpha value is -1.65. The molecule has 1 amide bonds. The van der Waals surface area contributed by atoms with Crippen molar-refractivity contribution >= 4 is 11.7 Å². The zero-order valence-electron chi connectivity index (χ0n) is 11.3. The standard InChI is InChI=1S/C13H20N4O/c1-10-7-12(15-9-14-10)17-6-4-5-11(8-17)13(18)16(2)3/h7,9,11H,4-6,8H2,1-3H3. The summed E-state index contributed by atoms with van der Waals surface area (Å²) in [5.74, 6) is 1.23. The van der Waals surface area contributed by atoms with E-state index < -0.39 is 0 Å². The first kappa shape index (κ1) is 12.8. The van der Waals surface area contributed by atoms with Crippen LogP contribution in [0, 0.1) is 12.8 Å². The predicted octanol–water partition coefficient (Wildman–Crippen LogP) is 1.09. The number of piperidine rings is 1. The monoisotopic (exact) mass is 248 g/mol. The minimum absolute atomic E-state index is 0.0871. The van der Waals surface area contributed by atoms with Crippen molar-refractivity contribution in [3.8, 4) is 0 Å². The van der Waals surface area contributed by atoms with Gasteiger partial charge in [0.25, 0.3) is 0 Å². The highest BCUT2D eigenvalue weighted by Gasteiger charge is 2.27. The normalized spacial score (nSPS) is 19.7. The fourth-order valence-corrected chi connectivity index (χ4v) is 2.37. The molecular formula is C13H20N4O. The largest absolute Gasteiger partial charge is 0.356 e. The van der Waals surface area contributed by atoms with Crippen molar-refractivity contribution in [2.45, 2.75) is 19.8 Å². The molecule has 0 aliphatic carbocycles. The molecule has 1 aromatic rings. The summed E-state index contributed by atoms with van der Waals surface area (Å²) in [4.78, 5) is 24.3. The summed E-state index contributed by atoms with van der Waals surface area (Å²) in [5, 5.41) is 0. The van der Waals surface area contributed by atoms with Crippen LogP contribution in [0.1, 0.15) is 18.5 Å². The second-order valence-electron chi connectivity index (χ2n) is 5.04. The van der Waals surface area contributed by atoms with Crippen molar-refractivity contribution in [2.75, 3.05) is 32.1 Å². The lowest BCUT2D eigenvalue weighted by molar-refractivity contribution is -0.133. The highest BCUT2D eigenvalue weighted by atomic mass is 16.2. The summed E-state index contributed by atoms with van der Waals surface area (Å²) in [6, 6.07) is 1.97. The highest BCUT2D eigenvalue weighted by Crippen LogP contribution is 2.22.